The monoisotopic (exact) mass is 210 g/mol. The standard InChI is InChI=1S/C11H11FO3/c1-3-15-11-5-9(7(2)14)8(6-13)4-10(11)12/h4-6H,3H2,1-2H3. The first-order valence-corrected chi connectivity index (χ1v) is 4.52. The molecule has 1 aromatic carbocycles. The van der Waals surface area contributed by atoms with Crippen LogP contribution < -0.4 is 4.74 Å². The summed E-state index contributed by atoms with van der Waals surface area (Å²) in [5.41, 5.74) is 0.221. The topological polar surface area (TPSA) is 43.4 Å². The van der Waals surface area contributed by atoms with E-state index in [1.54, 1.807) is 6.92 Å². The summed E-state index contributed by atoms with van der Waals surface area (Å²) in [7, 11) is 0. The smallest absolute Gasteiger partial charge is 0.165 e. The zero-order valence-electron chi connectivity index (χ0n) is 8.54. The van der Waals surface area contributed by atoms with Crippen LogP contribution in [-0.2, 0) is 0 Å². The minimum Gasteiger partial charge on any atom is -0.491 e. The molecule has 0 aliphatic carbocycles. The zero-order valence-corrected chi connectivity index (χ0v) is 8.54. The number of carbonyl (C=O) groups excluding carboxylic acids is 2. The molecule has 0 saturated carbocycles. The number of Topliss-reactive ketones (excluding diaryl/α,β-unsaturated/α-hetero) is 1. The molecule has 3 nitrogen and oxygen atoms in total. The Hall–Kier alpha value is -1.71. The van der Waals surface area contributed by atoms with Crippen molar-refractivity contribution in [3.8, 4) is 5.75 Å². The molecule has 80 valence electrons. The first-order valence-electron chi connectivity index (χ1n) is 4.52. The number of rotatable bonds is 4. The first kappa shape index (κ1) is 11.4. The zero-order chi connectivity index (χ0) is 11.4. The number of halogens is 1. The maximum absolute atomic E-state index is 13.3. The van der Waals surface area contributed by atoms with Gasteiger partial charge >= 0.3 is 0 Å². The Kier molecular flexibility index (Phi) is 3.55. The molecule has 0 radical (unpaired) electrons. The fourth-order valence-electron chi connectivity index (χ4n) is 1.24. The molecule has 0 N–H and O–H groups in total. The van der Waals surface area contributed by atoms with Gasteiger partial charge in [0.2, 0.25) is 0 Å². The average Bonchev–Trinajstić information content (AvgIpc) is 2.20. The highest BCUT2D eigenvalue weighted by molar-refractivity contribution is 6.01. The van der Waals surface area contributed by atoms with Gasteiger partial charge in [0.15, 0.2) is 23.6 Å². The molecule has 0 bridgehead atoms. The summed E-state index contributed by atoms with van der Waals surface area (Å²) in [6.07, 6.45) is 0.454. The Morgan fingerprint density at radius 3 is 2.67 bits per heavy atom. The second-order valence-electron chi connectivity index (χ2n) is 2.98. The fourth-order valence-corrected chi connectivity index (χ4v) is 1.24. The third-order valence-corrected chi connectivity index (χ3v) is 1.91. The van der Waals surface area contributed by atoms with Crippen molar-refractivity contribution < 1.29 is 18.7 Å². The van der Waals surface area contributed by atoms with Crippen molar-refractivity contribution in [3.05, 3.63) is 29.1 Å². The lowest BCUT2D eigenvalue weighted by Gasteiger charge is -2.07. The Labute approximate surface area is 86.9 Å². The minimum atomic E-state index is -0.635. The molecule has 0 aromatic heterocycles. The fraction of sp³-hybridized carbons (Fsp3) is 0.273. The Morgan fingerprint density at radius 2 is 2.20 bits per heavy atom. The van der Waals surface area contributed by atoms with Crippen LogP contribution in [0, 0.1) is 5.82 Å². The van der Waals surface area contributed by atoms with E-state index >= 15 is 0 Å². The van der Waals surface area contributed by atoms with Gasteiger partial charge in [0.05, 0.1) is 6.61 Å². The third kappa shape index (κ3) is 2.40. The van der Waals surface area contributed by atoms with E-state index in [-0.39, 0.29) is 22.7 Å². The van der Waals surface area contributed by atoms with Gasteiger partial charge in [-0.05, 0) is 26.0 Å². The van der Waals surface area contributed by atoms with Gasteiger partial charge in [-0.15, -0.1) is 0 Å². The normalized spacial score (nSPS) is 9.80. The van der Waals surface area contributed by atoms with Crippen LogP contribution in [-0.4, -0.2) is 18.7 Å². The number of hydrogen-bond acceptors (Lipinski definition) is 3. The van der Waals surface area contributed by atoms with Crippen molar-refractivity contribution in [3.63, 3.8) is 0 Å². The van der Waals surface area contributed by atoms with E-state index in [4.69, 9.17) is 4.74 Å². The molecule has 0 aliphatic heterocycles. The van der Waals surface area contributed by atoms with E-state index in [0.29, 0.717) is 12.9 Å². The number of ether oxygens (including phenoxy) is 1. The SMILES string of the molecule is CCOc1cc(C(C)=O)c(C=O)cc1F. The van der Waals surface area contributed by atoms with Crippen molar-refractivity contribution in [2.45, 2.75) is 13.8 Å². The molecule has 0 fully saturated rings. The van der Waals surface area contributed by atoms with E-state index in [0.717, 1.165) is 6.07 Å². The molecule has 0 unspecified atom stereocenters. The summed E-state index contributed by atoms with van der Waals surface area (Å²) in [5, 5.41) is 0. The third-order valence-electron chi connectivity index (χ3n) is 1.91. The van der Waals surface area contributed by atoms with Gasteiger partial charge in [-0.25, -0.2) is 4.39 Å². The molecule has 0 amide bonds. The van der Waals surface area contributed by atoms with Crippen LogP contribution in [0.4, 0.5) is 4.39 Å². The number of aldehydes is 1. The van der Waals surface area contributed by atoms with Gasteiger partial charge in [-0.2, -0.15) is 0 Å². The van der Waals surface area contributed by atoms with Gasteiger partial charge in [-0.1, -0.05) is 0 Å². The van der Waals surface area contributed by atoms with E-state index in [1.165, 1.54) is 13.0 Å². The number of benzene rings is 1. The molecule has 15 heavy (non-hydrogen) atoms. The van der Waals surface area contributed by atoms with E-state index in [9.17, 15) is 14.0 Å². The molecule has 0 spiro atoms. The molecule has 1 rings (SSSR count). The van der Waals surface area contributed by atoms with Crippen molar-refractivity contribution in [1.82, 2.24) is 0 Å². The number of hydrogen-bond donors (Lipinski definition) is 0. The predicted molar refractivity (Wildman–Crippen MR) is 53.0 cm³/mol. The highest BCUT2D eigenvalue weighted by atomic mass is 19.1. The highest BCUT2D eigenvalue weighted by Gasteiger charge is 2.13. The second-order valence-corrected chi connectivity index (χ2v) is 2.98. The van der Waals surface area contributed by atoms with Gasteiger partial charge in [-0.3, -0.25) is 9.59 Å². The van der Waals surface area contributed by atoms with Crippen LogP contribution in [0.5, 0.6) is 5.75 Å². The van der Waals surface area contributed by atoms with Crippen LogP contribution in [0.2, 0.25) is 0 Å². The Bertz CT molecular complexity index is 399. The van der Waals surface area contributed by atoms with Gasteiger partial charge in [0.25, 0.3) is 0 Å². The molecule has 0 atom stereocenters. The molecular formula is C11H11FO3. The maximum atomic E-state index is 13.3. The average molecular weight is 210 g/mol. The van der Waals surface area contributed by atoms with Crippen LogP contribution in [0.15, 0.2) is 12.1 Å². The van der Waals surface area contributed by atoms with E-state index < -0.39 is 5.82 Å². The summed E-state index contributed by atoms with van der Waals surface area (Å²) < 4.78 is 18.3. The highest BCUT2D eigenvalue weighted by Crippen LogP contribution is 2.22. The summed E-state index contributed by atoms with van der Waals surface area (Å²) in [6, 6.07) is 2.26. The number of ketones is 1. The summed E-state index contributed by atoms with van der Waals surface area (Å²) in [5.74, 6) is -0.935. The van der Waals surface area contributed by atoms with Crippen molar-refractivity contribution in [1.29, 1.82) is 0 Å². The summed E-state index contributed by atoms with van der Waals surface area (Å²) >= 11 is 0. The van der Waals surface area contributed by atoms with Crippen LogP contribution >= 0.6 is 0 Å². The van der Waals surface area contributed by atoms with Crippen molar-refractivity contribution in [2.75, 3.05) is 6.61 Å². The first-order chi connectivity index (χ1) is 7.10. The molecule has 0 aliphatic rings. The van der Waals surface area contributed by atoms with Gasteiger partial charge in [0, 0.05) is 11.1 Å². The lowest BCUT2D eigenvalue weighted by atomic mass is 10.0. The molecular weight excluding hydrogens is 199 g/mol. The minimum absolute atomic E-state index is 0.00620. The lowest BCUT2D eigenvalue weighted by Crippen LogP contribution is -2.03. The number of carbonyl (C=O) groups is 2. The van der Waals surface area contributed by atoms with Crippen LogP contribution in [0.25, 0.3) is 0 Å². The van der Waals surface area contributed by atoms with Gasteiger partial charge < -0.3 is 4.74 Å². The van der Waals surface area contributed by atoms with Gasteiger partial charge in [0.1, 0.15) is 0 Å². The Morgan fingerprint density at radius 1 is 1.53 bits per heavy atom. The van der Waals surface area contributed by atoms with Crippen LogP contribution in [0.1, 0.15) is 34.6 Å². The molecule has 0 heterocycles. The lowest BCUT2D eigenvalue weighted by molar-refractivity contribution is 0.100. The predicted octanol–water partition coefficient (Wildman–Crippen LogP) is 2.24. The quantitative estimate of drug-likeness (QED) is 0.565. The Balaban J connectivity index is 3.29. The van der Waals surface area contributed by atoms with E-state index in [1.807, 2.05) is 0 Å². The van der Waals surface area contributed by atoms with Crippen LogP contribution in [0.3, 0.4) is 0 Å². The van der Waals surface area contributed by atoms with Crippen molar-refractivity contribution in [2.24, 2.45) is 0 Å². The molecule has 4 heteroatoms. The summed E-state index contributed by atoms with van der Waals surface area (Å²) in [4.78, 5) is 21.7. The van der Waals surface area contributed by atoms with E-state index in [2.05, 4.69) is 0 Å². The summed E-state index contributed by atoms with van der Waals surface area (Å²) in [6.45, 7) is 3.32. The maximum Gasteiger partial charge on any atom is 0.165 e. The second kappa shape index (κ2) is 4.68. The largest absolute Gasteiger partial charge is 0.491 e. The van der Waals surface area contributed by atoms with Crippen molar-refractivity contribution >= 4 is 12.1 Å². The molecule has 1 aromatic rings. The molecule has 0 saturated heterocycles.